The van der Waals surface area contributed by atoms with E-state index in [9.17, 15) is 0 Å². The second kappa shape index (κ2) is 13.0. The van der Waals surface area contributed by atoms with Gasteiger partial charge in [-0.15, -0.1) is 5.10 Å². The van der Waals surface area contributed by atoms with Crippen LogP contribution in [0, 0.1) is 12.8 Å². The van der Waals surface area contributed by atoms with Crippen molar-refractivity contribution in [2.75, 3.05) is 12.8 Å². The molecular formula is C26H41N7. The highest BCUT2D eigenvalue weighted by atomic mass is 15.3. The Morgan fingerprint density at radius 2 is 1.79 bits per heavy atom. The highest BCUT2D eigenvalue weighted by molar-refractivity contribution is 5.83. The lowest BCUT2D eigenvalue weighted by atomic mass is 9.96. The van der Waals surface area contributed by atoms with Gasteiger partial charge in [-0.1, -0.05) is 40.0 Å². The van der Waals surface area contributed by atoms with Gasteiger partial charge in [0.2, 0.25) is 5.95 Å². The number of nitrogens with one attached hydrogen (secondary N) is 1. The van der Waals surface area contributed by atoms with Crippen molar-refractivity contribution in [3.63, 3.8) is 0 Å². The van der Waals surface area contributed by atoms with E-state index in [1.165, 1.54) is 32.1 Å². The Hall–Kier alpha value is -2.80. The number of nitrogen functional groups attached to an aromatic ring is 1. The zero-order valence-electron chi connectivity index (χ0n) is 21.4. The molecule has 0 unspecified atom stereocenters. The van der Waals surface area contributed by atoms with Crippen molar-refractivity contribution >= 4 is 23.0 Å². The van der Waals surface area contributed by atoms with E-state index in [1.54, 1.807) is 10.7 Å². The Labute approximate surface area is 198 Å². The molecule has 0 atom stereocenters. The van der Waals surface area contributed by atoms with Crippen LogP contribution in [0.1, 0.15) is 72.3 Å². The maximum absolute atomic E-state index is 5.59. The number of aromatic nitrogens is 4. The predicted octanol–water partition coefficient (Wildman–Crippen LogP) is 6.00. The number of pyridine rings is 1. The molecule has 7 nitrogen and oxygen atoms in total. The SMILES string of the molecule is CC(C)=Nc1ncc(-c2ccn3nc(N)ncc23)cc1C.CC(C)C.CNC1CCCCC1. The largest absolute Gasteiger partial charge is 0.367 e. The molecule has 3 aromatic rings. The van der Waals surface area contributed by atoms with Crippen LogP contribution in [0.15, 0.2) is 35.7 Å². The summed E-state index contributed by atoms with van der Waals surface area (Å²) in [5.41, 5.74) is 10.5. The van der Waals surface area contributed by atoms with Gasteiger partial charge in [0.1, 0.15) is 0 Å². The third-order valence-corrected chi connectivity index (χ3v) is 5.14. The van der Waals surface area contributed by atoms with E-state index in [4.69, 9.17) is 5.73 Å². The molecule has 1 aliphatic rings. The number of nitrogens with two attached hydrogens (primary N) is 1. The first-order valence-electron chi connectivity index (χ1n) is 12.0. The Morgan fingerprint density at radius 3 is 2.33 bits per heavy atom. The highest BCUT2D eigenvalue weighted by Gasteiger charge is 2.10. The summed E-state index contributed by atoms with van der Waals surface area (Å²) < 4.78 is 1.72. The zero-order valence-corrected chi connectivity index (χ0v) is 21.4. The molecule has 7 heteroatoms. The zero-order chi connectivity index (χ0) is 24.4. The monoisotopic (exact) mass is 451 g/mol. The molecule has 1 aliphatic carbocycles. The van der Waals surface area contributed by atoms with Gasteiger partial charge in [-0.05, 0) is 64.3 Å². The summed E-state index contributed by atoms with van der Waals surface area (Å²) in [6.45, 7) is 12.4. The van der Waals surface area contributed by atoms with E-state index >= 15 is 0 Å². The van der Waals surface area contributed by atoms with Crippen molar-refractivity contribution in [1.82, 2.24) is 24.9 Å². The minimum absolute atomic E-state index is 0.252. The van der Waals surface area contributed by atoms with Crippen LogP contribution in [-0.2, 0) is 0 Å². The van der Waals surface area contributed by atoms with Gasteiger partial charge < -0.3 is 11.1 Å². The van der Waals surface area contributed by atoms with Crippen LogP contribution in [0.25, 0.3) is 16.6 Å². The molecule has 1 saturated carbocycles. The van der Waals surface area contributed by atoms with Crippen molar-refractivity contribution in [2.45, 2.75) is 79.7 Å². The summed E-state index contributed by atoms with van der Waals surface area (Å²) in [5.74, 6) is 1.84. The summed E-state index contributed by atoms with van der Waals surface area (Å²) in [6.07, 6.45) is 12.5. The highest BCUT2D eigenvalue weighted by Crippen LogP contribution is 2.28. The molecule has 0 aliphatic heterocycles. The van der Waals surface area contributed by atoms with Gasteiger partial charge in [0.05, 0.1) is 11.7 Å². The molecule has 0 saturated heterocycles. The Kier molecular flexibility index (Phi) is 10.5. The van der Waals surface area contributed by atoms with Crippen LogP contribution in [-0.4, -0.2) is 38.4 Å². The second-order valence-electron chi connectivity index (χ2n) is 9.45. The molecule has 3 aromatic heterocycles. The second-order valence-corrected chi connectivity index (χ2v) is 9.45. The number of rotatable bonds is 3. The van der Waals surface area contributed by atoms with Gasteiger partial charge in [-0.3, -0.25) is 0 Å². The first kappa shape index (κ1) is 26.5. The van der Waals surface area contributed by atoms with Crippen molar-refractivity contribution in [3.05, 3.63) is 36.3 Å². The third kappa shape index (κ3) is 8.57. The number of hydrogen-bond donors (Lipinski definition) is 2. The minimum atomic E-state index is 0.252. The quantitative estimate of drug-likeness (QED) is 0.477. The van der Waals surface area contributed by atoms with Crippen molar-refractivity contribution in [3.8, 4) is 11.1 Å². The Morgan fingerprint density at radius 1 is 1.12 bits per heavy atom. The van der Waals surface area contributed by atoms with Crippen LogP contribution in [0.3, 0.4) is 0 Å². The Balaban J connectivity index is 0.000000265. The summed E-state index contributed by atoms with van der Waals surface area (Å²) in [7, 11) is 2.07. The van der Waals surface area contributed by atoms with Gasteiger partial charge in [-0.25, -0.2) is 19.5 Å². The third-order valence-electron chi connectivity index (χ3n) is 5.14. The van der Waals surface area contributed by atoms with Crippen LogP contribution >= 0.6 is 0 Å². The molecule has 33 heavy (non-hydrogen) atoms. The van der Waals surface area contributed by atoms with Gasteiger partial charge >= 0.3 is 0 Å². The molecule has 3 N–H and O–H groups in total. The number of aryl methyl sites for hydroxylation is 1. The van der Waals surface area contributed by atoms with Crippen molar-refractivity contribution in [1.29, 1.82) is 0 Å². The number of aliphatic imine (C=N–C) groups is 1. The summed E-state index contributed by atoms with van der Waals surface area (Å²) in [4.78, 5) is 12.9. The maximum Gasteiger partial charge on any atom is 0.238 e. The topological polar surface area (TPSA) is 93.5 Å². The smallest absolute Gasteiger partial charge is 0.238 e. The van der Waals surface area contributed by atoms with E-state index in [0.717, 1.165) is 45.7 Å². The van der Waals surface area contributed by atoms with Crippen molar-refractivity contribution in [2.24, 2.45) is 10.9 Å². The van der Waals surface area contributed by atoms with Gasteiger partial charge in [-0.2, -0.15) is 0 Å². The first-order chi connectivity index (χ1) is 15.7. The van der Waals surface area contributed by atoms with E-state index < -0.39 is 0 Å². The minimum Gasteiger partial charge on any atom is -0.367 e. The fraction of sp³-hybridized carbons (Fsp3) is 0.538. The number of anilines is 1. The molecule has 1 fully saturated rings. The lowest BCUT2D eigenvalue weighted by molar-refractivity contribution is 0.394. The van der Waals surface area contributed by atoms with E-state index in [0.29, 0.717) is 0 Å². The van der Waals surface area contributed by atoms with Gasteiger partial charge in [0, 0.05) is 35.3 Å². The standard InChI is InChI=1S/C15H16N6.C7H15N.C4H10/c1-9(2)19-14-10(3)6-11(7-17-14)12-4-5-21-13(12)8-18-15(16)20-21;1-8-7-5-3-2-4-6-7;1-4(2)3/h4-8H,1-3H3,(H2,16,20);7-8H,2-6H2,1H3;4H,1-3H3. The predicted molar refractivity (Wildman–Crippen MR) is 140 cm³/mol. The fourth-order valence-corrected chi connectivity index (χ4v) is 3.59. The molecule has 0 aromatic carbocycles. The van der Waals surface area contributed by atoms with Crippen LogP contribution in [0.5, 0.6) is 0 Å². The molecule has 3 heterocycles. The average Bonchev–Trinajstić information content (AvgIpc) is 3.18. The molecule has 0 spiro atoms. The lowest BCUT2D eigenvalue weighted by Gasteiger charge is -2.20. The van der Waals surface area contributed by atoms with Crippen LogP contribution in [0.2, 0.25) is 0 Å². The summed E-state index contributed by atoms with van der Waals surface area (Å²) >= 11 is 0. The van der Waals surface area contributed by atoms with Gasteiger partial charge in [0.25, 0.3) is 0 Å². The summed E-state index contributed by atoms with van der Waals surface area (Å²) in [6, 6.07) is 4.89. The lowest BCUT2D eigenvalue weighted by Crippen LogP contribution is -2.26. The maximum atomic E-state index is 5.59. The van der Waals surface area contributed by atoms with Gasteiger partial charge in [0.15, 0.2) is 5.82 Å². The normalized spacial score (nSPS) is 13.7. The molecule has 0 amide bonds. The molecular weight excluding hydrogens is 410 g/mol. The number of fused-ring (bicyclic) bond motifs is 1. The fourth-order valence-electron chi connectivity index (χ4n) is 3.59. The van der Waals surface area contributed by atoms with Crippen LogP contribution < -0.4 is 11.1 Å². The number of nitrogens with zero attached hydrogens (tertiary/aromatic N) is 5. The summed E-state index contributed by atoms with van der Waals surface area (Å²) in [5, 5.41) is 7.45. The molecule has 4 rings (SSSR count). The van der Waals surface area contributed by atoms with E-state index in [1.807, 2.05) is 39.2 Å². The van der Waals surface area contributed by atoms with Crippen molar-refractivity contribution < 1.29 is 0 Å². The number of hydrogen-bond acceptors (Lipinski definition) is 6. The molecule has 180 valence electrons. The average molecular weight is 452 g/mol. The molecule has 0 radical (unpaired) electrons. The first-order valence-corrected chi connectivity index (χ1v) is 12.0. The molecule has 0 bridgehead atoms. The Bertz CT molecular complexity index is 1020. The van der Waals surface area contributed by atoms with E-state index in [2.05, 4.69) is 59.3 Å². The van der Waals surface area contributed by atoms with Crippen LogP contribution in [0.4, 0.5) is 11.8 Å². The van der Waals surface area contributed by atoms with E-state index in [-0.39, 0.29) is 5.95 Å².